The number of aliphatic hydroxyl groups excluding tert-OH is 2. The maximum Gasteiger partial charge on any atom is 0.328 e. The number of likely N-dealkylation sites (N-methyl/N-ethyl adjacent to an activating group) is 1. The van der Waals surface area contributed by atoms with Crippen molar-refractivity contribution in [2.75, 3.05) is 26.0 Å². The number of benzene rings is 4. The van der Waals surface area contributed by atoms with Gasteiger partial charge in [0.05, 0.1) is 32.0 Å². The third-order valence-electron chi connectivity index (χ3n) is 9.37. The lowest BCUT2D eigenvalue weighted by Crippen LogP contribution is -2.46. The summed E-state index contributed by atoms with van der Waals surface area (Å²) >= 11 is 0. The lowest BCUT2D eigenvalue weighted by molar-refractivity contribution is -0.276. The number of carbonyl (C=O) groups excluding carboxylic acids is 2. The van der Waals surface area contributed by atoms with E-state index in [0.717, 1.165) is 22.3 Å². The Kier molecular flexibility index (Phi) is 12.8. The molecule has 5 rings (SSSR count). The fraction of sp³-hybridized carbons (Fsp3) is 0.350. The van der Waals surface area contributed by atoms with Crippen LogP contribution in [0.4, 0.5) is 10.5 Å². The highest BCUT2D eigenvalue weighted by atomic mass is 16.7. The van der Waals surface area contributed by atoms with Crippen molar-refractivity contribution in [1.82, 2.24) is 10.2 Å². The Morgan fingerprint density at radius 2 is 1.56 bits per heavy atom. The minimum absolute atomic E-state index is 0.0534. The predicted molar refractivity (Wildman–Crippen MR) is 191 cm³/mol. The van der Waals surface area contributed by atoms with Crippen LogP contribution in [0.3, 0.4) is 0 Å². The number of rotatable bonds is 13. The third-order valence-corrected chi connectivity index (χ3v) is 9.37. The van der Waals surface area contributed by atoms with Gasteiger partial charge in [-0.1, -0.05) is 104 Å². The molecule has 50 heavy (non-hydrogen) atoms. The van der Waals surface area contributed by atoms with E-state index < -0.39 is 30.4 Å². The van der Waals surface area contributed by atoms with Crippen LogP contribution in [-0.4, -0.2) is 66.0 Å². The molecule has 1 fully saturated rings. The molecule has 10 nitrogen and oxygen atoms in total. The van der Waals surface area contributed by atoms with Gasteiger partial charge in [0, 0.05) is 36.2 Å². The summed E-state index contributed by atoms with van der Waals surface area (Å²) in [6.45, 7) is 4.55. The van der Waals surface area contributed by atoms with Crippen molar-refractivity contribution in [2.24, 2.45) is 5.92 Å². The Labute approximate surface area is 294 Å². The zero-order chi connectivity index (χ0) is 35.6. The highest BCUT2D eigenvalue weighted by Crippen LogP contribution is 2.42. The molecule has 1 aliphatic rings. The summed E-state index contributed by atoms with van der Waals surface area (Å²) < 4.78 is 18.2. The van der Waals surface area contributed by atoms with Crippen molar-refractivity contribution >= 4 is 17.7 Å². The number of ether oxygens (including phenoxy) is 3. The third kappa shape index (κ3) is 9.35. The molecule has 0 saturated carbocycles. The zero-order valence-corrected chi connectivity index (χ0v) is 28.9. The molecule has 4 N–H and O–H groups in total. The average Bonchev–Trinajstić information content (AvgIpc) is 3.15. The van der Waals surface area contributed by atoms with Crippen LogP contribution in [0.2, 0.25) is 0 Å². The first-order valence-electron chi connectivity index (χ1n) is 16.9. The van der Waals surface area contributed by atoms with Gasteiger partial charge in [-0.25, -0.2) is 9.59 Å². The molecule has 0 aromatic heterocycles. The van der Waals surface area contributed by atoms with Crippen molar-refractivity contribution in [3.63, 3.8) is 0 Å². The molecule has 0 radical (unpaired) electrons. The Morgan fingerprint density at radius 1 is 0.880 bits per heavy atom. The maximum atomic E-state index is 13.1. The van der Waals surface area contributed by atoms with E-state index in [-0.39, 0.29) is 37.2 Å². The fourth-order valence-corrected chi connectivity index (χ4v) is 6.22. The summed E-state index contributed by atoms with van der Waals surface area (Å²) in [5.74, 6) is -0.614. The van der Waals surface area contributed by atoms with E-state index in [4.69, 9.17) is 14.2 Å². The molecule has 0 unspecified atom stereocenters. The van der Waals surface area contributed by atoms with Gasteiger partial charge in [-0.2, -0.15) is 0 Å². The number of methoxy groups -OCH3 is 1. The number of nitrogens with one attached hydrogen (secondary N) is 2. The number of amides is 2. The summed E-state index contributed by atoms with van der Waals surface area (Å²) in [5.41, 5.74) is 4.68. The van der Waals surface area contributed by atoms with Crippen molar-refractivity contribution in [3.05, 3.63) is 137 Å². The molecule has 4 aromatic rings. The van der Waals surface area contributed by atoms with E-state index in [9.17, 15) is 19.8 Å². The monoisotopic (exact) mass is 681 g/mol. The van der Waals surface area contributed by atoms with E-state index in [0.29, 0.717) is 17.8 Å². The van der Waals surface area contributed by atoms with Gasteiger partial charge in [-0.3, -0.25) is 4.90 Å². The molecular formula is C40H47N3O7. The molecule has 10 heteroatoms. The lowest BCUT2D eigenvalue weighted by Gasteiger charge is -2.43. The molecule has 4 aromatic carbocycles. The van der Waals surface area contributed by atoms with Gasteiger partial charge >= 0.3 is 12.0 Å². The molecule has 264 valence electrons. The van der Waals surface area contributed by atoms with Gasteiger partial charge in [0.1, 0.15) is 6.04 Å². The average molecular weight is 682 g/mol. The summed E-state index contributed by atoms with van der Waals surface area (Å²) in [4.78, 5) is 27.7. The molecule has 1 saturated heterocycles. The van der Waals surface area contributed by atoms with Gasteiger partial charge < -0.3 is 35.1 Å². The number of carbonyl (C=O) groups is 2. The van der Waals surface area contributed by atoms with Crippen molar-refractivity contribution < 1.29 is 34.0 Å². The minimum Gasteiger partial charge on any atom is -0.467 e. The molecule has 1 aliphatic heterocycles. The van der Waals surface area contributed by atoms with Crippen LogP contribution < -0.4 is 10.6 Å². The SMILES string of the molecule is COC(=O)[C@H](Cc1ccccc1)NC(=O)Nc1cccc([C@@H]2O[C@H](CN(C)[C@H](C)[C@@H](O)c3ccccc3)[C@H](C)[C@H](c3ccc(CO)cc3)O2)c1. The molecule has 7 atom stereocenters. The molecular weight excluding hydrogens is 634 g/mol. The number of aliphatic hydroxyl groups is 2. The van der Waals surface area contributed by atoms with E-state index in [2.05, 4.69) is 22.5 Å². The predicted octanol–water partition coefficient (Wildman–Crippen LogP) is 5.93. The molecule has 2 amide bonds. The Bertz CT molecular complexity index is 1670. The van der Waals surface area contributed by atoms with Gasteiger partial charge in [-0.05, 0) is 48.4 Å². The van der Waals surface area contributed by atoms with Crippen LogP contribution in [0, 0.1) is 5.92 Å². The van der Waals surface area contributed by atoms with E-state index in [1.165, 1.54) is 7.11 Å². The lowest BCUT2D eigenvalue weighted by atomic mass is 9.89. The van der Waals surface area contributed by atoms with Crippen molar-refractivity contribution in [2.45, 2.75) is 63.6 Å². The van der Waals surface area contributed by atoms with Crippen molar-refractivity contribution in [3.8, 4) is 0 Å². The summed E-state index contributed by atoms with van der Waals surface area (Å²) in [7, 11) is 3.27. The second-order valence-electron chi connectivity index (χ2n) is 12.8. The largest absolute Gasteiger partial charge is 0.467 e. The second kappa shape index (κ2) is 17.4. The zero-order valence-electron chi connectivity index (χ0n) is 28.9. The first-order valence-corrected chi connectivity index (χ1v) is 16.9. The Hall–Kier alpha value is -4.58. The number of urea groups is 1. The minimum atomic E-state index is -0.879. The molecule has 1 heterocycles. The van der Waals surface area contributed by atoms with Crippen LogP contribution in [0.25, 0.3) is 0 Å². The van der Waals surface area contributed by atoms with Crippen LogP contribution >= 0.6 is 0 Å². The van der Waals surface area contributed by atoms with E-state index in [1.807, 2.05) is 111 Å². The molecule has 0 bridgehead atoms. The van der Waals surface area contributed by atoms with Gasteiger partial charge in [0.15, 0.2) is 6.29 Å². The smallest absolute Gasteiger partial charge is 0.328 e. The van der Waals surface area contributed by atoms with Gasteiger partial charge in [0.2, 0.25) is 0 Å². The number of esters is 1. The maximum absolute atomic E-state index is 13.1. The summed E-state index contributed by atoms with van der Waals surface area (Å²) in [5, 5.41) is 26.3. The number of hydrogen-bond donors (Lipinski definition) is 4. The standard InChI is InChI=1S/C40H47N3O7/c1-26-35(24-43(3)27(2)36(45)30-14-9-6-10-15-30)49-39(50-37(26)31-20-18-29(25-44)19-21-31)32-16-11-17-33(23-32)41-40(47)42-34(38(46)48-4)22-28-12-7-5-8-13-28/h5-21,23,26-27,34-37,39,44-45H,22,24-25H2,1-4H3,(H2,41,42,47)/t26-,27+,34-,35+,36+,37+,39+/m0/s1. The van der Waals surface area contributed by atoms with Crippen LogP contribution in [-0.2, 0) is 32.0 Å². The van der Waals surface area contributed by atoms with Crippen molar-refractivity contribution in [1.29, 1.82) is 0 Å². The first kappa shape index (κ1) is 36.7. The van der Waals surface area contributed by atoms with Crippen LogP contribution in [0.5, 0.6) is 0 Å². The van der Waals surface area contributed by atoms with Gasteiger partial charge in [0.25, 0.3) is 0 Å². The van der Waals surface area contributed by atoms with E-state index >= 15 is 0 Å². The number of nitrogens with zero attached hydrogens (tertiary/aromatic N) is 1. The summed E-state index contributed by atoms with van der Waals surface area (Å²) in [6, 6.07) is 32.3. The summed E-state index contributed by atoms with van der Waals surface area (Å²) in [6.07, 6.45) is -1.81. The van der Waals surface area contributed by atoms with E-state index in [1.54, 1.807) is 12.1 Å². The topological polar surface area (TPSA) is 130 Å². The number of hydrogen-bond acceptors (Lipinski definition) is 8. The first-order chi connectivity index (χ1) is 24.2. The quantitative estimate of drug-likeness (QED) is 0.128. The van der Waals surface area contributed by atoms with Crippen LogP contribution in [0.15, 0.2) is 109 Å². The number of anilines is 1. The highest BCUT2D eigenvalue weighted by molar-refractivity contribution is 5.92. The second-order valence-corrected chi connectivity index (χ2v) is 12.8. The fourth-order valence-electron chi connectivity index (χ4n) is 6.22. The molecule has 0 aliphatic carbocycles. The molecule has 0 spiro atoms. The highest BCUT2D eigenvalue weighted by Gasteiger charge is 2.39. The van der Waals surface area contributed by atoms with Crippen LogP contribution in [0.1, 0.15) is 60.2 Å². The Morgan fingerprint density at radius 3 is 2.22 bits per heavy atom. The van der Waals surface area contributed by atoms with Gasteiger partial charge in [-0.15, -0.1) is 0 Å². The normalized spacial score (nSPS) is 20.8. The Balaban J connectivity index is 1.34.